The summed E-state index contributed by atoms with van der Waals surface area (Å²) in [6, 6.07) is 6.38. The molecule has 1 aromatic rings. The number of urea groups is 1. The van der Waals surface area contributed by atoms with E-state index < -0.39 is 12.0 Å². The van der Waals surface area contributed by atoms with Crippen molar-refractivity contribution in [1.29, 1.82) is 0 Å². The van der Waals surface area contributed by atoms with Crippen molar-refractivity contribution in [2.45, 2.75) is 19.9 Å². The summed E-state index contributed by atoms with van der Waals surface area (Å²) in [4.78, 5) is 26.7. The first-order chi connectivity index (χ1) is 13.0. The first kappa shape index (κ1) is 20.5. The monoisotopic (exact) mass is 374 g/mol. The van der Waals surface area contributed by atoms with Crippen LogP contribution in [0, 0.1) is 0 Å². The molecule has 1 aliphatic heterocycles. The molecule has 0 saturated carbocycles. The molecule has 1 aliphatic rings. The standard InChI is InChI=1S/C20H26N2O5/c1-5-10-26-16-9-7-8-15(13-16)18-17(19(23)27-12-11-25-4)14(3)22(6-2)20(24)21-18/h5,7-9,13,18H,1,6,10-12H2,2-4H3,(H,21,24)/t18-/m1/s1. The molecule has 1 aromatic carbocycles. The SMILES string of the molecule is C=CCOc1cccc([C@H]2NC(=O)N(CC)C(C)=C2C(=O)OCCOC)c1. The molecule has 0 fully saturated rings. The Morgan fingerprint density at radius 1 is 1.37 bits per heavy atom. The van der Waals surface area contributed by atoms with Gasteiger partial charge >= 0.3 is 12.0 Å². The number of ether oxygens (including phenoxy) is 3. The lowest BCUT2D eigenvalue weighted by Crippen LogP contribution is -2.47. The van der Waals surface area contributed by atoms with E-state index in [1.54, 1.807) is 19.1 Å². The molecule has 0 radical (unpaired) electrons. The van der Waals surface area contributed by atoms with Crippen LogP contribution in [0.2, 0.25) is 0 Å². The second-order valence-electron chi connectivity index (χ2n) is 5.93. The van der Waals surface area contributed by atoms with Crippen molar-refractivity contribution in [1.82, 2.24) is 10.2 Å². The van der Waals surface area contributed by atoms with Gasteiger partial charge < -0.3 is 19.5 Å². The maximum absolute atomic E-state index is 12.7. The third-order valence-corrected chi connectivity index (χ3v) is 4.21. The highest BCUT2D eigenvalue weighted by Crippen LogP contribution is 2.32. The fourth-order valence-corrected chi connectivity index (χ4v) is 2.91. The topological polar surface area (TPSA) is 77.1 Å². The number of hydrogen-bond acceptors (Lipinski definition) is 5. The van der Waals surface area contributed by atoms with Crippen LogP contribution in [-0.2, 0) is 14.3 Å². The maximum atomic E-state index is 12.7. The molecule has 7 heteroatoms. The highest BCUT2D eigenvalue weighted by molar-refractivity contribution is 5.95. The largest absolute Gasteiger partial charge is 0.490 e. The smallest absolute Gasteiger partial charge is 0.338 e. The van der Waals surface area contributed by atoms with Crippen LogP contribution in [0.25, 0.3) is 0 Å². The number of nitrogens with one attached hydrogen (secondary N) is 1. The Bertz CT molecular complexity index is 729. The number of methoxy groups -OCH3 is 1. The Morgan fingerprint density at radius 3 is 2.81 bits per heavy atom. The summed E-state index contributed by atoms with van der Waals surface area (Å²) in [5, 5.41) is 2.89. The van der Waals surface area contributed by atoms with Gasteiger partial charge in [-0.15, -0.1) is 0 Å². The van der Waals surface area contributed by atoms with Crippen LogP contribution in [0.5, 0.6) is 5.75 Å². The van der Waals surface area contributed by atoms with Crippen molar-refractivity contribution < 1.29 is 23.8 Å². The number of carbonyl (C=O) groups is 2. The molecule has 2 rings (SSSR count). The molecule has 146 valence electrons. The highest BCUT2D eigenvalue weighted by atomic mass is 16.6. The van der Waals surface area contributed by atoms with Crippen LogP contribution >= 0.6 is 0 Å². The molecule has 1 N–H and O–H groups in total. The van der Waals surface area contributed by atoms with E-state index in [0.717, 1.165) is 5.56 Å². The molecule has 7 nitrogen and oxygen atoms in total. The van der Waals surface area contributed by atoms with Crippen molar-refractivity contribution in [2.24, 2.45) is 0 Å². The molecular weight excluding hydrogens is 348 g/mol. The molecular formula is C20H26N2O5. The van der Waals surface area contributed by atoms with Crippen LogP contribution in [0.15, 0.2) is 48.2 Å². The first-order valence-electron chi connectivity index (χ1n) is 8.82. The second kappa shape index (κ2) is 9.78. The summed E-state index contributed by atoms with van der Waals surface area (Å²) < 4.78 is 15.8. The molecule has 1 atom stereocenters. The summed E-state index contributed by atoms with van der Waals surface area (Å²) in [5.41, 5.74) is 1.71. The van der Waals surface area contributed by atoms with Crippen molar-refractivity contribution >= 4 is 12.0 Å². The van der Waals surface area contributed by atoms with Gasteiger partial charge in [-0.25, -0.2) is 9.59 Å². The Kier molecular flexibility index (Phi) is 7.43. The maximum Gasteiger partial charge on any atom is 0.338 e. The molecule has 0 aliphatic carbocycles. The normalized spacial score (nSPS) is 16.8. The molecule has 27 heavy (non-hydrogen) atoms. The van der Waals surface area contributed by atoms with Crippen LogP contribution in [0.4, 0.5) is 4.79 Å². The van der Waals surface area contributed by atoms with Crippen molar-refractivity contribution in [2.75, 3.05) is 33.5 Å². The van der Waals surface area contributed by atoms with Gasteiger partial charge in [-0.3, -0.25) is 4.90 Å². The number of benzene rings is 1. The third kappa shape index (κ3) is 4.89. The number of esters is 1. The Labute approximate surface area is 159 Å². The number of rotatable bonds is 9. The Balaban J connectivity index is 2.39. The molecule has 0 spiro atoms. The van der Waals surface area contributed by atoms with Gasteiger partial charge in [-0.2, -0.15) is 0 Å². The highest BCUT2D eigenvalue weighted by Gasteiger charge is 2.36. The van der Waals surface area contributed by atoms with E-state index in [9.17, 15) is 9.59 Å². The zero-order valence-electron chi connectivity index (χ0n) is 16.0. The summed E-state index contributed by atoms with van der Waals surface area (Å²) in [6.45, 7) is 8.48. The van der Waals surface area contributed by atoms with Crippen LogP contribution in [-0.4, -0.2) is 50.4 Å². The minimum atomic E-state index is -0.623. The minimum absolute atomic E-state index is 0.140. The van der Waals surface area contributed by atoms with Gasteiger partial charge in [0.1, 0.15) is 19.0 Å². The van der Waals surface area contributed by atoms with E-state index in [0.29, 0.717) is 36.8 Å². The van der Waals surface area contributed by atoms with Crippen LogP contribution in [0.3, 0.4) is 0 Å². The summed E-state index contributed by atoms with van der Waals surface area (Å²) in [6.07, 6.45) is 1.65. The second-order valence-corrected chi connectivity index (χ2v) is 5.93. The number of nitrogens with zero attached hydrogens (tertiary/aromatic N) is 1. The van der Waals surface area contributed by atoms with Gasteiger partial charge in [0.25, 0.3) is 0 Å². The van der Waals surface area contributed by atoms with E-state index in [2.05, 4.69) is 11.9 Å². The molecule has 0 aromatic heterocycles. The average Bonchev–Trinajstić information content (AvgIpc) is 2.66. The quantitative estimate of drug-likeness (QED) is 0.409. The molecule has 0 bridgehead atoms. The number of hydrogen-bond donors (Lipinski definition) is 1. The lowest BCUT2D eigenvalue weighted by Gasteiger charge is -2.34. The van der Waals surface area contributed by atoms with Gasteiger partial charge in [0, 0.05) is 19.4 Å². The van der Waals surface area contributed by atoms with Crippen molar-refractivity contribution in [3.05, 3.63) is 53.8 Å². The fraction of sp³-hybridized carbons (Fsp3) is 0.400. The van der Waals surface area contributed by atoms with Gasteiger partial charge in [0.15, 0.2) is 0 Å². The van der Waals surface area contributed by atoms with E-state index >= 15 is 0 Å². The molecule has 0 unspecified atom stereocenters. The summed E-state index contributed by atoms with van der Waals surface area (Å²) in [7, 11) is 1.54. The zero-order valence-corrected chi connectivity index (χ0v) is 16.0. The third-order valence-electron chi connectivity index (χ3n) is 4.21. The summed E-state index contributed by atoms with van der Waals surface area (Å²) in [5.74, 6) is 0.148. The number of amides is 2. The fourth-order valence-electron chi connectivity index (χ4n) is 2.91. The van der Waals surface area contributed by atoms with Gasteiger partial charge in [-0.05, 0) is 31.5 Å². The molecule has 0 saturated heterocycles. The predicted octanol–water partition coefficient (Wildman–Crippen LogP) is 2.80. The van der Waals surface area contributed by atoms with E-state index in [4.69, 9.17) is 14.2 Å². The van der Waals surface area contributed by atoms with Gasteiger partial charge in [0.05, 0.1) is 18.2 Å². The lowest BCUT2D eigenvalue weighted by atomic mass is 9.94. The zero-order chi connectivity index (χ0) is 19.8. The number of allylic oxidation sites excluding steroid dienone is 1. The predicted molar refractivity (Wildman–Crippen MR) is 101 cm³/mol. The molecule has 2 amide bonds. The van der Waals surface area contributed by atoms with Crippen molar-refractivity contribution in [3.8, 4) is 5.75 Å². The average molecular weight is 374 g/mol. The van der Waals surface area contributed by atoms with Gasteiger partial charge in [0.2, 0.25) is 0 Å². The van der Waals surface area contributed by atoms with Gasteiger partial charge in [-0.1, -0.05) is 24.8 Å². The molecule has 1 heterocycles. The Morgan fingerprint density at radius 2 is 2.15 bits per heavy atom. The van der Waals surface area contributed by atoms with Crippen molar-refractivity contribution in [3.63, 3.8) is 0 Å². The lowest BCUT2D eigenvalue weighted by molar-refractivity contribution is -0.140. The van der Waals surface area contributed by atoms with Crippen LogP contribution < -0.4 is 10.1 Å². The van der Waals surface area contributed by atoms with E-state index in [1.807, 2.05) is 25.1 Å². The number of carbonyl (C=O) groups excluding carboxylic acids is 2. The van der Waals surface area contributed by atoms with E-state index in [1.165, 1.54) is 12.0 Å². The Hall–Kier alpha value is -2.80. The minimum Gasteiger partial charge on any atom is -0.490 e. The first-order valence-corrected chi connectivity index (χ1v) is 8.82. The summed E-state index contributed by atoms with van der Waals surface area (Å²) >= 11 is 0. The van der Waals surface area contributed by atoms with Crippen LogP contribution in [0.1, 0.15) is 25.5 Å². The van der Waals surface area contributed by atoms with E-state index in [-0.39, 0.29) is 12.6 Å².